The first kappa shape index (κ1) is 20.0. The first-order valence-corrected chi connectivity index (χ1v) is 9.91. The van der Waals surface area contributed by atoms with E-state index in [1.54, 1.807) is 29.2 Å². The normalized spacial score (nSPS) is 10.5. The monoisotopic (exact) mass is 411 g/mol. The van der Waals surface area contributed by atoms with Crippen molar-refractivity contribution in [2.75, 3.05) is 0 Å². The fraction of sp³-hybridized carbons (Fsp3) is 0.0833. The van der Waals surface area contributed by atoms with Crippen LogP contribution >= 0.6 is 0 Å². The molecule has 0 aliphatic rings. The van der Waals surface area contributed by atoms with Crippen LogP contribution in [0.1, 0.15) is 33.2 Å². The van der Waals surface area contributed by atoms with Crippen molar-refractivity contribution in [3.05, 3.63) is 102 Å². The Labute approximate surface area is 179 Å². The van der Waals surface area contributed by atoms with Crippen LogP contribution in [-0.2, 0) is 6.42 Å². The summed E-state index contributed by atoms with van der Waals surface area (Å²) in [6, 6.07) is 20.7. The number of hydrogen-bond acceptors (Lipinski definition) is 4. The zero-order chi connectivity index (χ0) is 21.6. The number of aryl methyl sites for hydroxylation is 1. The van der Waals surface area contributed by atoms with Gasteiger partial charge in [-0.15, -0.1) is 0 Å². The highest BCUT2D eigenvalue weighted by molar-refractivity contribution is 6.02. The van der Waals surface area contributed by atoms with Crippen LogP contribution in [0.3, 0.4) is 0 Å². The Morgan fingerprint density at radius 1 is 0.903 bits per heavy atom. The maximum Gasteiger partial charge on any atom is 0.273 e. The van der Waals surface area contributed by atoms with Crippen LogP contribution in [-0.4, -0.2) is 26.6 Å². The number of amides is 2. The van der Waals surface area contributed by atoms with Crippen molar-refractivity contribution in [2.24, 2.45) is 0 Å². The molecule has 0 bridgehead atoms. The minimum atomic E-state index is -0.464. The molecule has 7 heteroatoms. The van der Waals surface area contributed by atoms with E-state index >= 15 is 0 Å². The largest absolute Gasteiger partial charge is 0.273 e. The van der Waals surface area contributed by atoms with Crippen molar-refractivity contribution in [1.29, 1.82) is 0 Å². The molecule has 154 valence electrons. The summed E-state index contributed by atoms with van der Waals surface area (Å²) in [5, 5.41) is 4.65. The van der Waals surface area contributed by atoms with Gasteiger partial charge < -0.3 is 0 Å². The maximum atomic E-state index is 12.9. The molecule has 0 spiro atoms. The number of rotatable bonds is 5. The van der Waals surface area contributed by atoms with Gasteiger partial charge in [0, 0.05) is 24.2 Å². The Kier molecular flexibility index (Phi) is 5.84. The molecule has 0 aliphatic heterocycles. The highest BCUT2D eigenvalue weighted by Crippen LogP contribution is 2.24. The number of benzene rings is 2. The molecule has 0 unspecified atom stereocenters. The standard InChI is InChI=1S/C24H21N5O2/c1-2-17-10-12-18(13-11-17)22-21(16-29(28-22)20-8-4-3-5-9-20)24(31)27-26-23(30)19-7-6-14-25-15-19/h3-16H,2H2,1H3,(H,26,30)(H,27,31). The molecule has 0 atom stereocenters. The molecule has 0 radical (unpaired) electrons. The molecule has 0 saturated carbocycles. The first-order valence-electron chi connectivity index (χ1n) is 9.91. The summed E-state index contributed by atoms with van der Waals surface area (Å²) < 4.78 is 1.65. The van der Waals surface area contributed by atoms with E-state index in [1.807, 2.05) is 54.6 Å². The fourth-order valence-corrected chi connectivity index (χ4v) is 3.11. The second kappa shape index (κ2) is 9.04. The predicted octanol–water partition coefficient (Wildman–Crippen LogP) is 3.57. The molecule has 2 heterocycles. The summed E-state index contributed by atoms with van der Waals surface area (Å²) in [6.07, 6.45) is 5.58. The number of hydrazine groups is 1. The SMILES string of the molecule is CCc1ccc(-c2nn(-c3ccccc3)cc2C(=O)NNC(=O)c2cccnc2)cc1. The molecule has 0 aliphatic carbocycles. The van der Waals surface area contributed by atoms with Crippen LogP contribution in [0, 0.1) is 0 Å². The van der Waals surface area contributed by atoms with Crippen LogP contribution < -0.4 is 10.9 Å². The zero-order valence-corrected chi connectivity index (χ0v) is 16.9. The number of pyridine rings is 1. The van der Waals surface area contributed by atoms with E-state index in [0.29, 0.717) is 16.8 Å². The maximum absolute atomic E-state index is 12.9. The van der Waals surface area contributed by atoms with Crippen LogP contribution in [0.5, 0.6) is 0 Å². The average Bonchev–Trinajstić information content (AvgIpc) is 3.29. The summed E-state index contributed by atoms with van der Waals surface area (Å²) in [4.78, 5) is 29.1. The van der Waals surface area contributed by atoms with Gasteiger partial charge in [0.1, 0.15) is 5.69 Å². The van der Waals surface area contributed by atoms with E-state index in [1.165, 1.54) is 11.8 Å². The van der Waals surface area contributed by atoms with E-state index in [-0.39, 0.29) is 0 Å². The highest BCUT2D eigenvalue weighted by atomic mass is 16.2. The van der Waals surface area contributed by atoms with Crippen molar-refractivity contribution in [3.8, 4) is 16.9 Å². The summed E-state index contributed by atoms with van der Waals surface area (Å²) in [7, 11) is 0. The summed E-state index contributed by atoms with van der Waals surface area (Å²) in [6.45, 7) is 2.09. The molecule has 2 aromatic heterocycles. The molecule has 0 fully saturated rings. The minimum Gasteiger partial charge on any atom is -0.267 e. The topological polar surface area (TPSA) is 88.9 Å². The number of carbonyl (C=O) groups is 2. The number of para-hydroxylation sites is 1. The van der Waals surface area contributed by atoms with Crippen molar-refractivity contribution >= 4 is 11.8 Å². The highest BCUT2D eigenvalue weighted by Gasteiger charge is 2.19. The molecule has 4 aromatic rings. The van der Waals surface area contributed by atoms with Gasteiger partial charge in [0.05, 0.1) is 16.8 Å². The third kappa shape index (κ3) is 4.51. The Morgan fingerprint density at radius 2 is 1.65 bits per heavy atom. The van der Waals surface area contributed by atoms with E-state index in [4.69, 9.17) is 0 Å². The van der Waals surface area contributed by atoms with Crippen molar-refractivity contribution < 1.29 is 9.59 Å². The van der Waals surface area contributed by atoms with Gasteiger partial charge in [0.15, 0.2) is 0 Å². The second-order valence-electron chi connectivity index (χ2n) is 6.87. The molecule has 7 nitrogen and oxygen atoms in total. The molecule has 4 rings (SSSR count). The molecule has 2 aromatic carbocycles. The number of nitrogens with zero attached hydrogens (tertiary/aromatic N) is 3. The van der Waals surface area contributed by atoms with Crippen LogP contribution in [0.2, 0.25) is 0 Å². The van der Waals surface area contributed by atoms with Gasteiger partial charge in [-0.1, -0.05) is 49.4 Å². The fourth-order valence-electron chi connectivity index (χ4n) is 3.11. The Balaban J connectivity index is 1.63. The molecule has 2 N–H and O–H groups in total. The van der Waals surface area contributed by atoms with Crippen molar-refractivity contribution in [1.82, 2.24) is 25.6 Å². The Morgan fingerprint density at radius 3 is 2.32 bits per heavy atom. The van der Waals surface area contributed by atoms with Gasteiger partial charge in [0.2, 0.25) is 0 Å². The minimum absolute atomic E-state index is 0.346. The second-order valence-corrected chi connectivity index (χ2v) is 6.87. The summed E-state index contributed by atoms with van der Waals surface area (Å²) in [5.41, 5.74) is 8.96. The Bertz CT molecular complexity index is 1190. The van der Waals surface area contributed by atoms with Gasteiger partial charge in [-0.2, -0.15) is 5.10 Å². The lowest BCUT2D eigenvalue weighted by molar-refractivity contribution is 0.0847. The number of nitrogens with one attached hydrogen (secondary N) is 2. The smallest absolute Gasteiger partial charge is 0.267 e. The van der Waals surface area contributed by atoms with Crippen molar-refractivity contribution in [3.63, 3.8) is 0 Å². The number of aromatic nitrogens is 3. The molecule has 31 heavy (non-hydrogen) atoms. The average molecular weight is 411 g/mol. The summed E-state index contributed by atoms with van der Waals surface area (Å²) >= 11 is 0. The first-order chi connectivity index (χ1) is 15.2. The lowest BCUT2D eigenvalue weighted by atomic mass is 10.0. The number of carbonyl (C=O) groups excluding carboxylic acids is 2. The predicted molar refractivity (Wildman–Crippen MR) is 118 cm³/mol. The summed E-state index contributed by atoms with van der Waals surface area (Å²) in [5.74, 6) is -0.917. The van der Waals surface area contributed by atoms with E-state index in [2.05, 4.69) is 27.9 Å². The quantitative estimate of drug-likeness (QED) is 0.492. The lowest BCUT2D eigenvalue weighted by Crippen LogP contribution is -2.41. The van der Waals surface area contributed by atoms with Gasteiger partial charge >= 0.3 is 0 Å². The van der Waals surface area contributed by atoms with E-state index in [0.717, 1.165) is 17.7 Å². The molecular formula is C24H21N5O2. The molecular weight excluding hydrogens is 390 g/mol. The van der Waals surface area contributed by atoms with Gasteiger partial charge in [-0.05, 0) is 36.2 Å². The lowest BCUT2D eigenvalue weighted by Gasteiger charge is -2.07. The van der Waals surface area contributed by atoms with E-state index < -0.39 is 11.8 Å². The van der Waals surface area contributed by atoms with Crippen LogP contribution in [0.25, 0.3) is 16.9 Å². The zero-order valence-electron chi connectivity index (χ0n) is 16.9. The van der Waals surface area contributed by atoms with Gasteiger partial charge in [0.25, 0.3) is 11.8 Å². The van der Waals surface area contributed by atoms with Crippen LogP contribution in [0.15, 0.2) is 85.3 Å². The third-order valence-corrected chi connectivity index (χ3v) is 4.83. The Hall–Kier alpha value is -4.26. The van der Waals surface area contributed by atoms with Crippen molar-refractivity contribution in [2.45, 2.75) is 13.3 Å². The van der Waals surface area contributed by atoms with Gasteiger partial charge in [-0.3, -0.25) is 25.4 Å². The molecule has 2 amide bonds. The van der Waals surface area contributed by atoms with Gasteiger partial charge in [-0.25, -0.2) is 4.68 Å². The number of hydrogen-bond donors (Lipinski definition) is 2. The third-order valence-electron chi connectivity index (χ3n) is 4.83. The van der Waals surface area contributed by atoms with Crippen LogP contribution in [0.4, 0.5) is 0 Å². The molecule has 0 saturated heterocycles. The van der Waals surface area contributed by atoms with E-state index in [9.17, 15) is 9.59 Å².